The van der Waals surface area contributed by atoms with Crippen LogP contribution < -0.4 is 0 Å². The van der Waals surface area contributed by atoms with Gasteiger partial charge in [0.15, 0.2) is 6.10 Å². The van der Waals surface area contributed by atoms with Crippen LogP contribution in [0, 0.1) is 0 Å². The zero-order valence-electron chi connectivity index (χ0n) is 7.98. The first-order valence-corrected chi connectivity index (χ1v) is 5.18. The standard InChI is InChI=1S/C10H10BrF3O/c1-2-6-3-4-7(5-8(6)11)9(15)10(12,13)14/h3-5,9,15H,2H2,1H3. The number of aryl methyl sites for hydroxylation is 1. The lowest BCUT2D eigenvalue weighted by Crippen LogP contribution is -2.20. The maximum Gasteiger partial charge on any atom is 0.418 e. The molecular weight excluding hydrogens is 273 g/mol. The second-order valence-corrected chi connectivity index (χ2v) is 4.00. The van der Waals surface area contributed by atoms with Crippen LogP contribution in [0.3, 0.4) is 0 Å². The van der Waals surface area contributed by atoms with Gasteiger partial charge >= 0.3 is 6.18 Å². The Morgan fingerprint density at radius 2 is 2.00 bits per heavy atom. The van der Waals surface area contributed by atoms with Gasteiger partial charge in [-0.05, 0) is 23.6 Å². The van der Waals surface area contributed by atoms with Crippen LogP contribution in [0.5, 0.6) is 0 Å². The van der Waals surface area contributed by atoms with Crippen LogP contribution in [0.1, 0.15) is 24.2 Å². The van der Waals surface area contributed by atoms with Crippen molar-refractivity contribution in [2.24, 2.45) is 0 Å². The highest BCUT2D eigenvalue weighted by Crippen LogP contribution is 2.34. The molecule has 0 spiro atoms. The molecule has 15 heavy (non-hydrogen) atoms. The first kappa shape index (κ1) is 12.5. The van der Waals surface area contributed by atoms with Crippen molar-refractivity contribution in [1.29, 1.82) is 0 Å². The van der Waals surface area contributed by atoms with E-state index >= 15 is 0 Å². The molecule has 0 aromatic heterocycles. The summed E-state index contributed by atoms with van der Waals surface area (Å²) in [5, 5.41) is 9.00. The Morgan fingerprint density at radius 1 is 1.40 bits per heavy atom. The van der Waals surface area contributed by atoms with E-state index in [2.05, 4.69) is 15.9 Å². The van der Waals surface area contributed by atoms with Crippen LogP contribution in [0.2, 0.25) is 0 Å². The zero-order chi connectivity index (χ0) is 11.6. The average Bonchev–Trinajstić information content (AvgIpc) is 2.15. The van der Waals surface area contributed by atoms with Gasteiger partial charge in [-0.15, -0.1) is 0 Å². The molecule has 0 saturated heterocycles. The molecule has 1 rings (SSSR count). The van der Waals surface area contributed by atoms with E-state index in [1.54, 1.807) is 6.07 Å². The summed E-state index contributed by atoms with van der Waals surface area (Å²) >= 11 is 3.16. The van der Waals surface area contributed by atoms with E-state index in [1.807, 2.05) is 6.92 Å². The molecule has 0 aliphatic heterocycles. The quantitative estimate of drug-likeness (QED) is 0.879. The molecule has 0 aliphatic carbocycles. The molecular formula is C10H10BrF3O. The fraction of sp³-hybridized carbons (Fsp3) is 0.400. The maximum atomic E-state index is 12.2. The Hall–Kier alpha value is -0.550. The van der Waals surface area contributed by atoms with Crippen molar-refractivity contribution in [2.75, 3.05) is 0 Å². The number of benzene rings is 1. The molecule has 1 atom stereocenters. The summed E-state index contributed by atoms with van der Waals surface area (Å²) in [5.41, 5.74) is 0.764. The molecule has 5 heteroatoms. The summed E-state index contributed by atoms with van der Waals surface area (Å²) < 4.78 is 37.1. The third-order valence-electron chi connectivity index (χ3n) is 2.08. The normalized spacial score (nSPS) is 14.0. The van der Waals surface area contributed by atoms with Crippen molar-refractivity contribution < 1.29 is 18.3 Å². The Morgan fingerprint density at radius 3 is 2.40 bits per heavy atom. The first-order valence-electron chi connectivity index (χ1n) is 4.39. The van der Waals surface area contributed by atoms with Crippen LogP contribution in [0.15, 0.2) is 22.7 Å². The van der Waals surface area contributed by atoms with E-state index in [1.165, 1.54) is 12.1 Å². The number of alkyl halides is 3. The SMILES string of the molecule is CCc1ccc(C(O)C(F)(F)F)cc1Br. The van der Waals surface area contributed by atoms with Gasteiger partial charge in [-0.25, -0.2) is 0 Å². The fourth-order valence-corrected chi connectivity index (χ4v) is 1.89. The van der Waals surface area contributed by atoms with E-state index in [0.717, 1.165) is 12.0 Å². The monoisotopic (exact) mass is 282 g/mol. The number of rotatable bonds is 2. The summed E-state index contributed by atoms with van der Waals surface area (Å²) in [7, 11) is 0. The van der Waals surface area contributed by atoms with Gasteiger partial charge in [0, 0.05) is 4.47 Å². The Labute approximate surface area is 94.0 Å². The lowest BCUT2D eigenvalue weighted by molar-refractivity contribution is -0.206. The van der Waals surface area contributed by atoms with Crippen molar-refractivity contribution in [3.63, 3.8) is 0 Å². The minimum Gasteiger partial charge on any atom is -0.379 e. The van der Waals surface area contributed by atoms with Crippen molar-refractivity contribution in [2.45, 2.75) is 25.6 Å². The maximum absolute atomic E-state index is 12.2. The van der Waals surface area contributed by atoms with Crippen molar-refractivity contribution >= 4 is 15.9 Å². The number of hydrogen-bond donors (Lipinski definition) is 1. The fourth-order valence-electron chi connectivity index (χ4n) is 1.21. The molecule has 0 saturated carbocycles. The molecule has 1 nitrogen and oxygen atoms in total. The summed E-state index contributed by atoms with van der Waals surface area (Å²) in [4.78, 5) is 0. The van der Waals surface area contributed by atoms with E-state index in [-0.39, 0.29) is 5.56 Å². The molecule has 1 N–H and O–H groups in total. The average molecular weight is 283 g/mol. The predicted molar refractivity (Wildman–Crippen MR) is 54.5 cm³/mol. The van der Waals surface area contributed by atoms with Gasteiger partial charge in [-0.2, -0.15) is 13.2 Å². The molecule has 0 bridgehead atoms. The minimum atomic E-state index is -4.62. The topological polar surface area (TPSA) is 20.2 Å². The molecule has 1 aromatic rings. The Bertz CT molecular complexity index is 349. The summed E-state index contributed by atoms with van der Waals surface area (Å²) in [6.07, 6.45) is -6.31. The Balaban J connectivity index is 3.02. The molecule has 1 unspecified atom stereocenters. The highest BCUT2D eigenvalue weighted by molar-refractivity contribution is 9.10. The van der Waals surface area contributed by atoms with Gasteiger partial charge in [0.05, 0.1) is 0 Å². The van der Waals surface area contributed by atoms with E-state index in [4.69, 9.17) is 5.11 Å². The number of halogens is 4. The largest absolute Gasteiger partial charge is 0.418 e. The lowest BCUT2D eigenvalue weighted by atomic mass is 10.1. The molecule has 0 aliphatic rings. The summed E-state index contributed by atoms with van der Waals surface area (Å²) in [6, 6.07) is 4.17. The third-order valence-corrected chi connectivity index (χ3v) is 2.82. The van der Waals surface area contributed by atoms with Gasteiger partial charge in [-0.3, -0.25) is 0 Å². The first-order chi connectivity index (χ1) is 6.86. The van der Waals surface area contributed by atoms with Crippen molar-refractivity contribution in [3.8, 4) is 0 Å². The smallest absolute Gasteiger partial charge is 0.379 e. The third kappa shape index (κ3) is 2.95. The number of aliphatic hydroxyl groups is 1. The lowest BCUT2D eigenvalue weighted by Gasteiger charge is -2.15. The van der Waals surface area contributed by atoms with Crippen LogP contribution in [0.4, 0.5) is 13.2 Å². The second kappa shape index (κ2) is 4.53. The molecule has 0 fully saturated rings. The van der Waals surface area contributed by atoms with Gasteiger partial charge in [0.1, 0.15) is 0 Å². The predicted octanol–water partition coefficient (Wildman–Crippen LogP) is 3.61. The van der Waals surface area contributed by atoms with Crippen molar-refractivity contribution in [1.82, 2.24) is 0 Å². The second-order valence-electron chi connectivity index (χ2n) is 3.15. The van der Waals surface area contributed by atoms with E-state index in [0.29, 0.717) is 4.47 Å². The van der Waals surface area contributed by atoms with Crippen molar-refractivity contribution in [3.05, 3.63) is 33.8 Å². The summed E-state index contributed by atoms with van der Waals surface area (Å²) in [6.45, 7) is 1.90. The highest BCUT2D eigenvalue weighted by Gasteiger charge is 2.39. The summed E-state index contributed by atoms with van der Waals surface area (Å²) in [5.74, 6) is 0. The highest BCUT2D eigenvalue weighted by atomic mass is 79.9. The molecule has 1 aromatic carbocycles. The van der Waals surface area contributed by atoms with E-state index in [9.17, 15) is 13.2 Å². The molecule has 0 amide bonds. The van der Waals surface area contributed by atoms with Gasteiger partial charge in [0.25, 0.3) is 0 Å². The Kier molecular flexibility index (Phi) is 3.78. The number of hydrogen-bond acceptors (Lipinski definition) is 1. The van der Waals surface area contributed by atoms with Crippen LogP contribution in [-0.4, -0.2) is 11.3 Å². The minimum absolute atomic E-state index is 0.147. The van der Waals surface area contributed by atoms with Gasteiger partial charge < -0.3 is 5.11 Å². The number of aliphatic hydroxyl groups excluding tert-OH is 1. The molecule has 0 radical (unpaired) electrons. The zero-order valence-corrected chi connectivity index (χ0v) is 9.56. The van der Waals surface area contributed by atoms with E-state index < -0.39 is 12.3 Å². The van der Waals surface area contributed by atoms with Gasteiger partial charge in [0.2, 0.25) is 0 Å². The van der Waals surface area contributed by atoms with Crippen LogP contribution in [0.25, 0.3) is 0 Å². The van der Waals surface area contributed by atoms with Crippen LogP contribution in [-0.2, 0) is 6.42 Å². The van der Waals surface area contributed by atoms with Gasteiger partial charge in [-0.1, -0.05) is 35.0 Å². The van der Waals surface area contributed by atoms with Crippen LogP contribution >= 0.6 is 15.9 Å². The molecule has 84 valence electrons. The molecule has 0 heterocycles.